The number of phenolic OH excluding ortho intramolecular Hbond substituents is 1. The fourth-order valence-corrected chi connectivity index (χ4v) is 2.65. The first-order valence-corrected chi connectivity index (χ1v) is 6.51. The number of anilines is 1. The molecule has 0 radical (unpaired) electrons. The molecule has 6 heteroatoms. The van der Waals surface area contributed by atoms with Gasteiger partial charge in [0.1, 0.15) is 5.75 Å². The van der Waals surface area contributed by atoms with E-state index in [1.54, 1.807) is 18.2 Å². The number of phenols is 1. The summed E-state index contributed by atoms with van der Waals surface area (Å²) in [6.45, 7) is 0.688. The molecule has 1 aromatic carbocycles. The number of carbonyl (C=O) groups is 1. The van der Waals surface area contributed by atoms with E-state index in [4.69, 9.17) is 5.84 Å². The van der Waals surface area contributed by atoms with Crippen LogP contribution in [0.1, 0.15) is 14.5 Å². The number of amides is 1. The van der Waals surface area contributed by atoms with E-state index in [1.807, 2.05) is 30.1 Å². The molecule has 0 spiro atoms. The number of hydrogen-bond acceptors (Lipinski definition) is 5. The van der Waals surface area contributed by atoms with Gasteiger partial charge in [0.05, 0.1) is 11.4 Å². The Hall–Kier alpha value is -2.05. The molecule has 1 aromatic heterocycles. The van der Waals surface area contributed by atoms with Crippen molar-refractivity contribution in [1.82, 2.24) is 5.43 Å². The minimum Gasteiger partial charge on any atom is -0.508 e. The Morgan fingerprint density at radius 3 is 2.63 bits per heavy atom. The van der Waals surface area contributed by atoms with E-state index in [0.717, 1.165) is 10.6 Å². The van der Waals surface area contributed by atoms with Crippen molar-refractivity contribution in [2.24, 2.45) is 5.84 Å². The lowest BCUT2D eigenvalue weighted by Gasteiger charge is -2.18. The van der Waals surface area contributed by atoms with Crippen LogP contribution in [0.4, 0.5) is 5.69 Å². The second kappa shape index (κ2) is 5.73. The molecule has 1 amide bonds. The highest BCUT2D eigenvalue weighted by molar-refractivity contribution is 7.14. The number of hydrogen-bond donors (Lipinski definition) is 3. The van der Waals surface area contributed by atoms with Gasteiger partial charge in [0.25, 0.3) is 5.91 Å². The van der Waals surface area contributed by atoms with Gasteiger partial charge in [-0.3, -0.25) is 10.2 Å². The lowest BCUT2D eigenvalue weighted by atomic mass is 10.3. The molecule has 0 aliphatic rings. The lowest BCUT2D eigenvalue weighted by molar-refractivity contribution is 0.0957. The van der Waals surface area contributed by atoms with Crippen molar-refractivity contribution in [1.29, 1.82) is 0 Å². The topological polar surface area (TPSA) is 78.6 Å². The van der Waals surface area contributed by atoms with E-state index >= 15 is 0 Å². The molecule has 0 saturated carbocycles. The third-order valence-electron chi connectivity index (χ3n) is 2.70. The normalized spacial score (nSPS) is 10.2. The minimum absolute atomic E-state index is 0.246. The number of nitrogen functional groups attached to an aromatic ring is 1. The van der Waals surface area contributed by atoms with Crippen LogP contribution in [0.15, 0.2) is 36.4 Å². The summed E-state index contributed by atoms with van der Waals surface area (Å²) >= 11 is 1.41. The molecule has 5 nitrogen and oxygen atoms in total. The van der Waals surface area contributed by atoms with E-state index in [9.17, 15) is 9.90 Å². The van der Waals surface area contributed by atoms with Crippen LogP contribution >= 0.6 is 11.3 Å². The SMILES string of the molecule is CN(Cc1ccc(C(=O)NN)s1)c1ccc(O)cc1. The van der Waals surface area contributed by atoms with Crippen molar-refractivity contribution < 1.29 is 9.90 Å². The molecule has 0 unspecified atom stereocenters. The Morgan fingerprint density at radius 2 is 2.00 bits per heavy atom. The van der Waals surface area contributed by atoms with Gasteiger partial charge in [-0.15, -0.1) is 11.3 Å². The number of thiophene rings is 1. The van der Waals surface area contributed by atoms with Crippen LogP contribution in [0.5, 0.6) is 5.75 Å². The van der Waals surface area contributed by atoms with Crippen LogP contribution in [0.3, 0.4) is 0 Å². The summed E-state index contributed by atoms with van der Waals surface area (Å²) in [4.78, 5) is 15.0. The highest BCUT2D eigenvalue weighted by Crippen LogP contribution is 2.22. The zero-order valence-corrected chi connectivity index (χ0v) is 11.3. The number of aromatic hydroxyl groups is 1. The fourth-order valence-electron chi connectivity index (χ4n) is 1.69. The predicted octanol–water partition coefficient (Wildman–Crippen LogP) is 1.69. The van der Waals surface area contributed by atoms with Gasteiger partial charge in [-0.1, -0.05) is 0 Å². The highest BCUT2D eigenvalue weighted by atomic mass is 32.1. The van der Waals surface area contributed by atoms with Crippen LogP contribution in [-0.2, 0) is 6.54 Å². The lowest BCUT2D eigenvalue weighted by Crippen LogP contribution is -2.29. The first-order chi connectivity index (χ1) is 9.10. The molecular weight excluding hydrogens is 262 g/mol. The van der Waals surface area contributed by atoms with Gasteiger partial charge in [0, 0.05) is 17.6 Å². The van der Waals surface area contributed by atoms with Gasteiger partial charge in [0.2, 0.25) is 0 Å². The third-order valence-corrected chi connectivity index (χ3v) is 3.77. The van der Waals surface area contributed by atoms with Crippen LogP contribution < -0.4 is 16.2 Å². The van der Waals surface area contributed by atoms with Crippen molar-refractivity contribution in [2.75, 3.05) is 11.9 Å². The Labute approximate surface area is 115 Å². The first-order valence-electron chi connectivity index (χ1n) is 5.70. The van der Waals surface area contributed by atoms with Gasteiger partial charge in [0.15, 0.2) is 0 Å². The van der Waals surface area contributed by atoms with Crippen molar-refractivity contribution in [3.8, 4) is 5.75 Å². The zero-order chi connectivity index (χ0) is 13.8. The van der Waals surface area contributed by atoms with Gasteiger partial charge < -0.3 is 10.0 Å². The molecule has 0 fully saturated rings. The van der Waals surface area contributed by atoms with E-state index in [1.165, 1.54) is 11.3 Å². The highest BCUT2D eigenvalue weighted by Gasteiger charge is 2.09. The number of carbonyl (C=O) groups excluding carboxylic acids is 1. The maximum Gasteiger partial charge on any atom is 0.275 e. The van der Waals surface area contributed by atoms with E-state index in [0.29, 0.717) is 11.4 Å². The smallest absolute Gasteiger partial charge is 0.275 e. The molecule has 100 valence electrons. The molecule has 1 heterocycles. The minimum atomic E-state index is -0.275. The second-order valence-corrected chi connectivity index (χ2v) is 5.28. The Morgan fingerprint density at radius 1 is 1.32 bits per heavy atom. The quantitative estimate of drug-likeness (QED) is 0.451. The number of nitrogens with two attached hydrogens (primary N) is 1. The molecule has 2 rings (SSSR count). The van der Waals surface area contributed by atoms with Gasteiger partial charge in [-0.25, -0.2) is 5.84 Å². The molecule has 2 aromatic rings. The Balaban J connectivity index is 2.06. The van der Waals surface area contributed by atoms with E-state index < -0.39 is 0 Å². The summed E-state index contributed by atoms with van der Waals surface area (Å²) in [5.74, 6) is 5.06. The summed E-state index contributed by atoms with van der Waals surface area (Å²) in [7, 11) is 1.95. The molecule has 0 aliphatic carbocycles. The molecular formula is C13H15N3O2S. The average Bonchev–Trinajstić information content (AvgIpc) is 2.87. The predicted molar refractivity (Wildman–Crippen MR) is 76.2 cm³/mol. The number of hydrazine groups is 1. The fraction of sp³-hybridized carbons (Fsp3) is 0.154. The summed E-state index contributed by atoms with van der Waals surface area (Å²) < 4.78 is 0. The summed E-state index contributed by atoms with van der Waals surface area (Å²) in [5.41, 5.74) is 3.11. The summed E-state index contributed by atoms with van der Waals surface area (Å²) in [6, 6.07) is 10.6. The van der Waals surface area contributed by atoms with Gasteiger partial charge in [-0.2, -0.15) is 0 Å². The largest absolute Gasteiger partial charge is 0.508 e. The summed E-state index contributed by atoms with van der Waals surface area (Å²) in [6.07, 6.45) is 0. The number of nitrogens with zero attached hydrogens (tertiary/aromatic N) is 1. The number of benzene rings is 1. The standard InChI is InChI=1S/C13H15N3O2S/c1-16(9-2-4-10(17)5-3-9)8-11-6-7-12(19-11)13(18)15-14/h2-7,17H,8,14H2,1H3,(H,15,18). The van der Waals surface area contributed by atoms with Crippen LogP contribution in [0.2, 0.25) is 0 Å². The van der Waals surface area contributed by atoms with Crippen molar-refractivity contribution in [2.45, 2.75) is 6.54 Å². The molecule has 0 aliphatic heterocycles. The maximum atomic E-state index is 11.4. The molecule has 0 atom stereocenters. The van der Waals surface area contributed by atoms with Crippen molar-refractivity contribution in [3.05, 3.63) is 46.2 Å². The Kier molecular flexibility index (Phi) is 4.03. The van der Waals surface area contributed by atoms with Gasteiger partial charge in [-0.05, 0) is 36.4 Å². The molecule has 19 heavy (non-hydrogen) atoms. The second-order valence-electron chi connectivity index (χ2n) is 4.11. The third kappa shape index (κ3) is 3.24. The Bertz CT molecular complexity index is 566. The average molecular weight is 277 g/mol. The molecule has 0 saturated heterocycles. The van der Waals surface area contributed by atoms with Crippen LogP contribution in [0.25, 0.3) is 0 Å². The van der Waals surface area contributed by atoms with E-state index in [2.05, 4.69) is 5.43 Å². The monoisotopic (exact) mass is 277 g/mol. The summed E-state index contributed by atoms with van der Waals surface area (Å²) in [5, 5.41) is 9.25. The van der Waals surface area contributed by atoms with Gasteiger partial charge >= 0.3 is 0 Å². The maximum absolute atomic E-state index is 11.4. The number of rotatable bonds is 4. The zero-order valence-electron chi connectivity index (χ0n) is 10.5. The number of nitrogens with one attached hydrogen (secondary N) is 1. The van der Waals surface area contributed by atoms with E-state index in [-0.39, 0.29) is 11.7 Å². The van der Waals surface area contributed by atoms with Crippen molar-refractivity contribution >= 4 is 22.9 Å². The van der Waals surface area contributed by atoms with Crippen LogP contribution in [-0.4, -0.2) is 18.1 Å². The van der Waals surface area contributed by atoms with Crippen molar-refractivity contribution in [3.63, 3.8) is 0 Å². The first kappa shape index (κ1) is 13.4. The molecule has 0 bridgehead atoms. The van der Waals surface area contributed by atoms with Crippen LogP contribution in [0, 0.1) is 0 Å². The molecule has 4 N–H and O–H groups in total.